The summed E-state index contributed by atoms with van der Waals surface area (Å²) in [7, 11) is 1.16. The van der Waals surface area contributed by atoms with Crippen molar-refractivity contribution in [1.82, 2.24) is 0 Å². The Morgan fingerprint density at radius 2 is 1.00 bits per heavy atom. The van der Waals surface area contributed by atoms with Gasteiger partial charge in [0.05, 0.1) is 27.7 Å². The summed E-state index contributed by atoms with van der Waals surface area (Å²) in [6.07, 6.45) is 40.5. The molecule has 0 aromatic rings. The average Bonchev–Trinajstić information content (AvgIpc) is 3.13. The molecule has 9 nitrogen and oxygen atoms in total. The number of hydrogen-bond donors (Lipinski definition) is 0. The Balaban J connectivity index is 4.33. The summed E-state index contributed by atoms with van der Waals surface area (Å²) in [5, 5.41) is 0. The van der Waals surface area contributed by atoms with E-state index in [-0.39, 0.29) is 26.1 Å². The van der Waals surface area contributed by atoms with E-state index in [1.165, 1.54) is 103 Å². The Labute approximate surface area is 339 Å². The van der Waals surface area contributed by atoms with Crippen LogP contribution in [0.5, 0.6) is 0 Å². The molecule has 0 N–H and O–H groups in total. The van der Waals surface area contributed by atoms with E-state index in [4.69, 9.17) is 18.5 Å². The number of carbonyl (C=O) groups is 2. The molecule has 0 aliphatic carbocycles. The third kappa shape index (κ3) is 41.9. The quantitative estimate of drug-likeness (QED) is 0.0198. The zero-order chi connectivity index (χ0) is 40.7. The maximum atomic E-state index is 12.7. The first-order valence-electron chi connectivity index (χ1n) is 22.5. The molecule has 324 valence electrons. The van der Waals surface area contributed by atoms with Crippen molar-refractivity contribution in [3.05, 3.63) is 24.3 Å². The molecule has 55 heavy (non-hydrogen) atoms. The second kappa shape index (κ2) is 38.0. The largest absolute Gasteiger partial charge is 0.756 e. The van der Waals surface area contributed by atoms with Crippen molar-refractivity contribution >= 4 is 19.8 Å². The molecule has 0 heterocycles. The number of ether oxygens (including phenoxy) is 2. The maximum absolute atomic E-state index is 12.7. The molecular formula is C45H86NO8P. The lowest BCUT2D eigenvalue weighted by molar-refractivity contribution is -0.870. The fourth-order valence-corrected chi connectivity index (χ4v) is 6.87. The summed E-state index contributed by atoms with van der Waals surface area (Å²) in [6.45, 7) is 4.19. The lowest BCUT2D eigenvalue weighted by Crippen LogP contribution is -2.37. The maximum Gasteiger partial charge on any atom is 0.306 e. The van der Waals surface area contributed by atoms with Gasteiger partial charge in [-0.05, 0) is 38.5 Å². The molecule has 0 saturated carbocycles. The highest BCUT2D eigenvalue weighted by atomic mass is 31.2. The lowest BCUT2D eigenvalue weighted by atomic mass is 10.0. The van der Waals surface area contributed by atoms with Crippen LogP contribution in [0.25, 0.3) is 0 Å². The summed E-state index contributed by atoms with van der Waals surface area (Å²) in [5.74, 6) is -0.843. The number of nitrogens with zero attached hydrogens (tertiary/aromatic N) is 1. The van der Waals surface area contributed by atoms with Crippen LogP contribution in [-0.4, -0.2) is 70.0 Å². The first kappa shape index (κ1) is 53.5. The van der Waals surface area contributed by atoms with Crippen molar-refractivity contribution in [2.75, 3.05) is 47.5 Å². The van der Waals surface area contributed by atoms with Crippen LogP contribution < -0.4 is 4.89 Å². The molecule has 2 atom stereocenters. The van der Waals surface area contributed by atoms with Crippen LogP contribution in [0.15, 0.2) is 24.3 Å². The number of unbranched alkanes of at least 4 members (excludes halogenated alkanes) is 23. The van der Waals surface area contributed by atoms with Crippen LogP contribution in [0.1, 0.15) is 200 Å². The van der Waals surface area contributed by atoms with Gasteiger partial charge in [0.15, 0.2) is 6.10 Å². The molecule has 0 fully saturated rings. The highest BCUT2D eigenvalue weighted by Gasteiger charge is 2.21. The first-order chi connectivity index (χ1) is 26.5. The zero-order valence-corrected chi connectivity index (χ0v) is 37.3. The van der Waals surface area contributed by atoms with Gasteiger partial charge in [-0.1, -0.05) is 173 Å². The standard InChI is InChI=1S/C45H86NO8P/c1-6-8-10-12-14-16-18-20-22-23-24-26-28-30-32-34-36-38-45(48)54-43(42-53-55(49,50)52-40-39-46(3,4)5)41-51-44(47)37-35-33-31-29-27-25-21-19-17-15-13-11-9-7-2/h13,15,19,21,43H,6-12,14,16-18,20,22-42H2,1-5H3/b15-13-,21-19-/t43-/m1/s1. The fraction of sp³-hybridized carbons (Fsp3) is 0.867. The van der Waals surface area contributed by atoms with Crippen LogP contribution in [-0.2, 0) is 32.7 Å². The van der Waals surface area contributed by atoms with Crippen molar-refractivity contribution in [3.8, 4) is 0 Å². The second-order valence-electron chi connectivity index (χ2n) is 16.4. The second-order valence-corrected chi connectivity index (χ2v) is 17.8. The number of likely N-dealkylation sites (N-methyl/N-ethyl adjacent to an activating group) is 1. The van der Waals surface area contributed by atoms with E-state index in [9.17, 15) is 19.0 Å². The van der Waals surface area contributed by atoms with Gasteiger partial charge in [0.25, 0.3) is 7.82 Å². The fourth-order valence-electron chi connectivity index (χ4n) is 6.14. The summed E-state index contributed by atoms with van der Waals surface area (Å²) in [5.41, 5.74) is 0. The predicted molar refractivity (Wildman–Crippen MR) is 227 cm³/mol. The Morgan fingerprint density at radius 1 is 0.564 bits per heavy atom. The summed E-state index contributed by atoms with van der Waals surface area (Å²) >= 11 is 0. The van der Waals surface area contributed by atoms with Crippen LogP contribution in [0.4, 0.5) is 0 Å². The molecule has 0 spiro atoms. The zero-order valence-electron chi connectivity index (χ0n) is 36.4. The van der Waals surface area contributed by atoms with E-state index in [2.05, 4.69) is 38.2 Å². The number of esters is 2. The lowest BCUT2D eigenvalue weighted by Gasteiger charge is -2.28. The molecule has 0 aliphatic heterocycles. The normalized spacial score (nSPS) is 13.8. The van der Waals surface area contributed by atoms with Gasteiger partial charge >= 0.3 is 11.9 Å². The van der Waals surface area contributed by atoms with E-state index in [0.29, 0.717) is 23.9 Å². The van der Waals surface area contributed by atoms with Gasteiger partial charge in [-0.25, -0.2) is 0 Å². The monoisotopic (exact) mass is 800 g/mol. The molecule has 0 amide bonds. The molecule has 1 unspecified atom stereocenters. The average molecular weight is 800 g/mol. The molecule has 0 aliphatic rings. The Bertz CT molecular complexity index is 996. The molecule has 0 rings (SSSR count). The Hall–Kier alpha value is -1.51. The van der Waals surface area contributed by atoms with Gasteiger partial charge in [-0.3, -0.25) is 14.2 Å². The number of carbonyl (C=O) groups excluding carboxylic acids is 2. The Kier molecular flexibility index (Phi) is 37.0. The topological polar surface area (TPSA) is 111 Å². The van der Waals surface area contributed by atoms with Crippen LogP contribution in [0, 0.1) is 0 Å². The SMILES string of the molecule is CCCC/C=C\C/C=C\CCCCCCCC(=O)OC[C@H](COP(=O)([O-])OCC[N+](C)(C)C)OC(=O)CCCCCCCCCCCCCCCCCCC. The van der Waals surface area contributed by atoms with Crippen LogP contribution in [0.3, 0.4) is 0 Å². The van der Waals surface area contributed by atoms with Crippen LogP contribution >= 0.6 is 7.82 Å². The van der Waals surface area contributed by atoms with Crippen molar-refractivity contribution in [3.63, 3.8) is 0 Å². The number of quaternary nitrogens is 1. The van der Waals surface area contributed by atoms with Gasteiger partial charge in [0.1, 0.15) is 19.8 Å². The highest BCUT2D eigenvalue weighted by molar-refractivity contribution is 7.45. The Morgan fingerprint density at radius 3 is 1.49 bits per heavy atom. The number of phosphoric ester groups is 1. The predicted octanol–water partition coefficient (Wildman–Crippen LogP) is 12.1. The smallest absolute Gasteiger partial charge is 0.306 e. The first-order valence-corrected chi connectivity index (χ1v) is 24.0. The van der Waals surface area contributed by atoms with E-state index in [1.54, 1.807) is 0 Å². The molecule has 0 aromatic carbocycles. The van der Waals surface area contributed by atoms with Crippen molar-refractivity contribution in [2.24, 2.45) is 0 Å². The minimum Gasteiger partial charge on any atom is -0.756 e. The molecular weight excluding hydrogens is 713 g/mol. The van der Waals surface area contributed by atoms with Gasteiger partial charge < -0.3 is 27.9 Å². The van der Waals surface area contributed by atoms with Gasteiger partial charge in [-0.2, -0.15) is 0 Å². The van der Waals surface area contributed by atoms with Crippen LogP contribution in [0.2, 0.25) is 0 Å². The van der Waals surface area contributed by atoms with Crippen molar-refractivity contribution in [2.45, 2.75) is 206 Å². The summed E-state index contributed by atoms with van der Waals surface area (Å²) in [6, 6.07) is 0. The van der Waals surface area contributed by atoms with E-state index < -0.39 is 32.5 Å². The highest BCUT2D eigenvalue weighted by Crippen LogP contribution is 2.38. The van der Waals surface area contributed by atoms with Crippen molar-refractivity contribution < 1.29 is 42.1 Å². The number of rotatable bonds is 41. The molecule has 0 saturated heterocycles. The molecule has 0 radical (unpaired) electrons. The summed E-state index contributed by atoms with van der Waals surface area (Å²) in [4.78, 5) is 37.5. The van der Waals surface area contributed by atoms with E-state index in [1.807, 2.05) is 21.1 Å². The number of allylic oxidation sites excluding steroid dienone is 4. The van der Waals surface area contributed by atoms with Gasteiger partial charge in [0.2, 0.25) is 0 Å². The molecule has 0 bridgehead atoms. The van der Waals surface area contributed by atoms with Gasteiger partial charge in [0, 0.05) is 12.8 Å². The molecule has 10 heteroatoms. The minimum atomic E-state index is -4.62. The van der Waals surface area contributed by atoms with E-state index >= 15 is 0 Å². The number of hydrogen-bond acceptors (Lipinski definition) is 8. The third-order valence-corrected chi connectivity index (χ3v) is 10.7. The summed E-state index contributed by atoms with van der Waals surface area (Å²) < 4.78 is 33.9. The van der Waals surface area contributed by atoms with E-state index in [0.717, 1.165) is 57.8 Å². The van der Waals surface area contributed by atoms with Crippen molar-refractivity contribution in [1.29, 1.82) is 0 Å². The molecule has 0 aromatic heterocycles. The number of phosphoric acid groups is 1. The van der Waals surface area contributed by atoms with Gasteiger partial charge in [-0.15, -0.1) is 0 Å². The third-order valence-electron chi connectivity index (χ3n) is 9.72. The minimum absolute atomic E-state index is 0.0312.